The van der Waals surface area contributed by atoms with Gasteiger partial charge in [-0.15, -0.1) is 0 Å². The van der Waals surface area contributed by atoms with E-state index in [9.17, 15) is 9.59 Å². The van der Waals surface area contributed by atoms with Crippen molar-refractivity contribution in [2.24, 2.45) is 0 Å². The fourth-order valence-corrected chi connectivity index (χ4v) is 4.06. The highest BCUT2D eigenvalue weighted by molar-refractivity contribution is 7.08. The summed E-state index contributed by atoms with van der Waals surface area (Å²) < 4.78 is 11.8. The third-order valence-electron chi connectivity index (χ3n) is 5.08. The lowest BCUT2D eigenvalue weighted by Gasteiger charge is -2.16. The average molecular weight is 520 g/mol. The Balaban J connectivity index is 1.43. The van der Waals surface area contributed by atoms with Crippen LogP contribution in [0.15, 0.2) is 93.2 Å². The van der Waals surface area contributed by atoms with E-state index in [0.29, 0.717) is 33.9 Å². The summed E-state index contributed by atoms with van der Waals surface area (Å²) in [5.41, 5.74) is 1.65. The third kappa shape index (κ3) is 5.45. The fourth-order valence-electron chi connectivity index (χ4n) is 3.30. The van der Waals surface area contributed by atoms with Crippen LogP contribution in [0.4, 0.5) is 17.3 Å². The van der Waals surface area contributed by atoms with E-state index in [1.54, 1.807) is 59.3 Å². The van der Waals surface area contributed by atoms with Gasteiger partial charge in [0.2, 0.25) is 5.95 Å². The van der Waals surface area contributed by atoms with Crippen molar-refractivity contribution in [3.05, 3.63) is 110 Å². The molecule has 3 aromatic heterocycles. The van der Waals surface area contributed by atoms with E-state index in [0.717, 1.165) is 5.56 Å². The zero-order valence-corrected chi connectivity index (χ0v) is 20.1. The Morgan fingerprint density at radius 3 is 2.58 bits per heavy atom. The van der Waals surface area contributed by atoms with Gasteiger partial charge in [-0.1, -0.05) is 23.7 Å². The molecule has 2 N–H and O–H groups in total. The summed E-state index contributed by atoms with van der Waals surface area (Å²) in [4.78, 5) is 30.3. The molecule has 0 radical (unpaired) electrons. The number of aromatic nitrogens is 3. The van der Waals surface area contributed by atoms with Gasteiger partial charge in [0, 0.05) is 22.2 Å². The Labute approximate surface area is 213 Å². The second kappa shape index (κ2) is 10.5. The minimum absolute atomic E-state index is 0.0714. The molecule has 0 fully saturated rings. The van der Waals surface area contributed by atoms with Crippen molar-refractivity contribution in [3.8, 4) is 11.6 Å². The number of nitrogens with one attached hydrogen (secondary N) is 2. The Hall–Kier alpha value is -4.41. The lowest BCUT2D eigenvalue weighted by molar-refractivity contribution is 0.102. The molecule has 0 aliphatic carbocycles. The van der Waals surface area contributed by atoms with Gasteiger partial charge in [-0.3, -0.25) is 14.2 Å². The zero-order valence-electron chi connectivity index (χ0n) is 18.6. The Kier molecular flexibility index (Phi) is 6.78. The first-order valence-electron chi connectivity index (χ1n) is 10.7. The minimum Gasteiger partial charge on any atom is -0.436 e. The van der Waals surface area contributed by atoms with Gasteiger partial charge < -0.3 is 19.9 Å². The Bertz CT molecular complexity index is 1520. The highest BCUT2D eigenvalue weighted by Crippen LogP contribution is 2.23. The van der Waals surface area contributed by atoms with Gasteiger partial charge in [0.05, 0.1) is 18.3 Å². The second-order valence-electron chi connectivity index (χ2n) is 7.57. The first kappa shape index (κ1) is 23.3. The normalized spacial score (nSPS) is 10.7. The van der Waals surface area contributed by atoms with Crippen molar-refractivity contribution in [2.75, 3.05) is 10.6 Å². The molecule has 0 unspecified atom stereocenters. The number of nitrogens with zero attached hydrogens (tertiary/aromatic N) is 3. The van der Waals surface area contributed by atoms with Crippen LogP contribution in [0.5, 0.6) is 11.6 Å². The van der Waals surface area contributed by atoms with E-state index < -0.39 is 5.56 Å². The summed E-state index contributed by atoms with van der Waals surface area (Å²) in [5.74, 6) is 0.826. The molecule has 0 saturated carbocycles. The van der Waals surface area contributed by atoms with Gasteiger partial charge in [-0.2, -0.15) is 11.3 Å². The predicted molar refractivity (Wildman–Crippen MR) is 138 cm³/mol. The van der Waals surface area contributed by atoms with Gasteiger partial charge in [-0.25, -0.2) is 4.98 Å². The molecular weight excluding hydrogens is 502 g/mol. The molecule has 0 aliphatic rings. The molecule has 2 aromatic carbocycles. The lowest BCUT2D eigenvalue weighted by Crippen LogP contribution is -2.28. The maximum Gasteiger partial charge on any atom is 0.279 e. The number of carbonyl (C=O) groups excluding carboxylic acids is 1. The summed E-state index contributed by atoms with van der Waals surface area (Å²) in [6.45, 7) is 0.209. The first-order chi connectivity index (χ1) is 17.5. The summed E-state index contributed by atoms with van der Waals surface area (Å²) in [7, 11) is 0. The molecular formula is C25H18ClN5O4S. The van der Waals surface area contributed by atoms with Crippen LogP contribution >= 0.6 is 22.9 Å². The van der Waals surface area contributed by atoms with Gasteiger partial charge in [0.1, 0.15) is 17.7 Å². The summed E-state index contributed by atoms with van der Waals surface area (Å²) in [6.07, 6.45) is 2.76. The topological polar surface area (TPSA) is 111 Å². The largest absolute Gasteiger partial charge is 0.436 e. The highest BCUT2D eigenvalue weighted by atomic mass is 35.5. The van der Waals surface area contributed by atoms with Crippen LogP contribution in [0, 0.1) is 0 Å². The van der Waals surface area contributed by atoms with Crippen molar-refractivity contribution < 1.29 is 14.1 Å². The summed E-state index contributed by atoms with van der Waals surface area (Å²) in [6, 6.07) is 17.5. The van der Waals surface area contributed by atoms with Crippen LogP contribution in [-0.4, -0.2) is 20.6 Å². The van der Waals surface area contributed by atoms with Crippen molar-refractivity contribution in [1.82, 2.24) is 14.7 Å². The standard InChI is InChI=1S/C25H18ClN5O4S/c26-18-3-1-16(2-4-18)14-31-24(33)21(29-23(32)17-10-12-36-15-17)13-27-25(31)28-19-5-7-20(8-6-19)35-22-9-11-34-30-22/h1-13,15H,14H2,(H,27,28)(H,29,32). The number of amides is 1. The number of ether oxygens (including phenoxy) is 1. The smallest absolute Gasteiger partial charge is 0.279 e. The van der Waals surface area contributed by atoms with Crippen LogP contribution in [0.3, 0.4) is 0 Å². The Morgan fingerprint density at radius 2 is 1.89 bits per heavy atom. The van der Waals surface area contributed by atoms with Crippen LogP contribution in [-0.2, 0) is 6.54 Å². The number of thiophene rings is 1. The molecule has 0 atom stereocenters. The van der Waals surface area contributed by atoms with Crippen LogP contribution in [0.1, 0.15) is 15.9 Å². The van der Waals surface area contributed by atoms with E-state index in [1.165, 1.54) is 28.4 Å². The highest BCUT2D eigenvalue weighted by Gasteiger charge is 2.15. The molecule has 36 heavy (non-hydrogen) atoms. The van der Waals surface area contributed by atoms with E-state index in [-0.39, 0.29) is 18.1 Å². The number of hydrogen-bond acceptors (Lipinski definition) is 8. The van der Waals surface area contributed by atoms with Crippen LogP contribution in [0.25, 0.3) is 0 Å². The van der Waals surface area contributed by atoms with Crippen molar-refractivity contribution in [2.45, 2.75) is 6.54 Å². The fraction of sp³-hybridized carbons (Fsp3) is 0.0400. The molecule has 0 spiro atoms. The maximum absolute atomic E-state index is 13.4. The van der Waals surface area contributed by atoms with Crippen molar-refractivity contribution >= 4 is 46.2 Å². The van der Waals surface area contributed by atoms with Gasteiger partial charge in [-0.05, 0) is 58.6 Å². The number of rotatable bonds is 8. The molecule has 0 saturated heterocycles. The van der Waals surface area contributed by atoms with Crippen LogP contribution in [0.2, 0.25) is 5.02 Å². The minimum atomic E-state index is -0.406. The second-order valence-corrected chi connectivity index (χ2v) is 8.78. The third-order valence-corrected chi connectivity index (χ3v) is 6.01. The summed E-state index contributed by atoms with van der Waals surface area (Å²) in [5, 5.41) is 13.6. The monoisotopic (exact) mass is 519 g/mol. The number of anilines is 3. The molecule has 9 nitrogen and oxygen atoms in total. The van der Waals surface area contributed by atoms with Crippen molar-refractivity contribution in [3.63, 3.8) is 0 Å². The molecule has 5 aromatic rings. The first-order valence-corrected chi connectivity index (χ1v) is 12.0. The van der Waals surface area contributed by atoms with Gasteiger partial charge in [0.15, 0.2) is 0 Å². The molecule has 180 valence electrons. The Morgan fingerprint density at radius 1 is 1.08 bits per heavy atom. The maximum atomic E-state index is 13.4. The van der Waals surface area contributed by atoms with E-state index in [4.69, 9.17) is 20.9 Å². The number of carbonyl (C=O) groups is 1. The average Bonchev–Trinajstić information content (AvgIpc) is 3.60. The molecule has 11 heteroatoms. The summed E-state index contributed by atoms with van der Waals surface area (Å²) >= 11 is 7.41. The lowest BCUT2D eigenvalue weighted by atomic mass is 10.2. The predicted octanol–water partition coefficient (Wildman–Crippen LogP) is 5.78. The number of hydrogen-bond donors (Lipinski definition) is 2. The van der Waals surface area contributed by atoms with Gasteiger partial charge >= 0.3 is 0 Å². The van der Waals surface area contributed by atoms with E-state index in [2.05, 4.69) is 20.8 Å². The number of benzene rings is 2. The zero-order chi connectivity index (χ0) is 24.9. The van der Waals surface area contributed by atoms with E-state index in [1.807, 2.05) is 12.1 Å². The quantitative estimate of drug-likeness (QED) is 0.267. The molecule has 0 aliphatic heterocycles. The number of halogens is 1. The SMILES string of the molecule is O=C(Nc1cnc(Nc2ccc(Oc3ccon3)cc2)n(Cc2ccc(Cl)cc2)c1=O)c1ccsc1. The van der Waals surface area contributed by atoms with Crippen molar-refractivity contribution in [1.29, 1.82) is 0 Å². The van der Waals surface area contributed by atoms with E-state index >= 15 is 0 Å². The molecule has 0 bridgehead atoms. The van der Waals surface area contributed by atoms with Crippen LogP contribution < -0.4 is 20.9 Å². The molecule has 1 amide bonds. The molecule has 3 heterocycles. The molecule has 5 rings (SSSR count). The van der Waals surface area contributed by atoms with Gasteiger partial charge in [0.25, 0.3) is 17.3 Å².